The van der Waals surface area contributed by atoms with Crippen molar-refractivity contribution in [2.45, 2.75) is 24.8 Å². The van der Waals surface area contributed by atoms with Crippen molar-refractivity contribution in [2.75, 3.05) is 0 Å². The number of esters is 1. The third kappa shape index (κ3) is 4.42. The van der Waals surface area contributed by atoms with E-state index in [9.17, 15) is 18.0 Å². The molecule has 126 valence electrons. The molecule has 0 bridgehead atoms. The van der Waals surface area contributed by atoms with E-state index in [1.165, 1.54) is 44.2 Å². The summed E-state index contributed by atoms with van der Waals surface area (Å²) in [6.45, 7) is 2.47. The highest BCUT2D eigenvalue weighted by Gasteiger charge is 2.22. The van der Waals surface area contributed by atoms with Gasteiger partial charge >= 0.3 is 16.1 Å². The van der Waals surface area contributed by atoms with E-state index in [0.717, 1.165) is 0 Å². The molecule has 0 N–H and O–H groups in total. The van der Waals surface area contributed by atoms with Crippen molar-refractivity contribution in [1.82, 2.24) is 0 Å². The number of hydrogen-bond acceptors (Lipinski definition) is 6. The predicted octanol–water partition coefficient (Wildman–Crippen LogP) is 2.65. The van der Waals surface area contributed by atoms with Gasteiger partial charge in [-0.25, -0.2) is 0 Å². The molecule has 1 atom stereocenters. The zero-order valence-corrected chi connectivity index (χ0v) is 13.9. The van der Waals surface area contributed by atoms with Gasteiger partial charge in [-0.2, -0.15) is 8.42 Å². The first kappa shape index (κ1) is 17.7. The van der Waals surface area contributed by atoms with Crippen LogP contribution in [0.1, 0.15) is 25.5 Å². The monoisotopic (exact) mass is 348 g/mol. The van der Waals surface area contributed by atoms with Crippen molar-refractivity contribution in [3.8, 4) is 5.75 Å². The highest BCUT2D eigenvalue weighted by Crippen LogP contribution is 2.25. The Morgan fingerprint density at radius 3 is 2.21 bits per heavy atom. The van der Waals surface area contributed by atoms with Crippen molar-refractivity contribution in [3.63, 3.8) is 0 Å². The maximum absolute atomic E-state index is 12.2. The smallest absolute Gasteiger partial charge is 0.339 e. The number of ether oxygens (including phenoxy) is 1. The van der Waals surface area contributed by atoms with E-state index in [0.29, 0.717) is 5.56 Å². The average Bonchev–Trinajstić information content (AvgIpc) is 2.53. The standard InChI is InChI=1S/C17H16O6S/c1-12(18)17(22-13(2)19)14-7-6-8-15(11-14)23-24(20,21)16-9-4-3-5-10-16/h3-11,17H,1-2H3. The Morgan fingerprint density at radius 1 is 0.958 bits per heavy atom. The summed E-state index contributed by atoms with van der Waals surface area (Å²) < 4.78 is 34.5. The van der Waals surface area contributed by atoms with Crippen molar-refractivity contribution in [2.24, 2.45) is 0 Å². The summed E-state index contributed by atoms with van der Waals surface area (Å²) in [7, 11) is -3.99. The Hall–Kier alpha value is -2.67. The van der Waals surface area contributed by atoms with Gasteiger partial charge in [0, 0.05) is 12.5 Å². The normalized spacial score (nSPS) is 12.2. The van der Waals surface area contributed by atoms with E-state index in [-0.39, 0.29) is 16.4 Å². The molecule has 1 unspecified atom stereocenters. The van der Waals surface area contributed by atoms with Crippen LogP contribution in [0.2, 0.25) is 0 Å². The SMILES string of the molecule is CC(=O)OC(C(C)=O)c1cccc(OS(=O)(=O)c2ccccc2)c1. The van der Waals surface area contributed by atoms with Crippen LogP contribution in [0.4, 0.5) is 0 Å². The summed E-state index contributed by atoms with van der Waals surface area (Å²) in [6.07, 6.45) is -1.11. The van der Waals surface area contributed by atoms with Crippen molar-refractivity contribution in [3.05, 3.63) is 60.2 Å². The summed E-state index contributed by atoms with van der Waals surface area (Å²) in [6, 6.07) is 13.5. The summed E-state index contributed by atoms with van der Waals surface area (Å²) in [4.78, 5) is 22.8. The number of hydrogen-bond donors (Lipinski definition) is 0. The summed E-state index contributed by atoms with van der Waals surface area (Å²) in [5.74, 6) is -0.971. The number of Topliss-reactive ketones (excluding diaryl/α,β-unsaturated/α-hetero) is 1. The van der Waals surface area contributed by atoms with Crippen LogP contribution >= 0.6 is 0 Å². The fourth-order valence-corrected chi connectivity index (χ4v) is 2.99. The van der Waals surface area contributed by atoms with Gasteiger partial charge in [-0.15, -0.1) is 0 Å². The first-order valence-corrected chi connectivity index (χ1v) is 8.47. The van der Waals surface area contributed by atoms with Crippen LogP contribution in [0.15, 0.2) is 59.5 Å². The summed E-state index contributed by atoms with van der Waals surface area (Å²) >= 11 is 0. The molecule has 0 aliphatic rings. The molecule has 0 aliphatic heterocycles. The van der Waals surface area contributed by atoms with Gasteiger partial charge in [0.25, 0.3) is 0 Å². The van der Waals surface area contributed by atoms with Crippen LogP contribution < -0.4 is 4.18 Å². The molecule has 2 rings (SSSR count). The molecule has 2 aromatic rings. The molecule has 24 heavy (non-hydrogen) atoms. The van der Waals surface area contributed by atoms with Gasteiger partial charge in [0.1, 0.15) is 10.6 Å². The molecule has 0 fully saturated rings. The van der Waals surface area contributed by atoms with Crippen LogP contribution in [0.3, 0.4) is 0 Å². The van der Waals surface area contributed by atoms with E-state index in [4.69, 9.17) is 8.92 Å². The number of rotatable bonds is 6. The quantitative estimate of drug-likeness (QED) is 0.589. The zero-order chi connectivity index (χ0) is 17.7. The molecule has 0 heterocycles. The number of benzene rings is 2. The molecule has 0 saturated carbocycles. The Balaban J connectivity index is 2.30. The summed E-state index contributed by atoms with van der Waals surface area (Å²) in [5, 5.41) is 0. The number of carbonyl (C=O) groups excluding carboxylic acids is 2. The van der Waals surface area contributed by atoms with Crippen LogP contribution in [-0.2, 0) is 24.4 Å². The number of ketones is 1. The molecule has 0 spiro atoms. The Labute approximate surface area is 140 Å². The minimum absolute atomic E-state index is 0.0125. The lowest BCUT2D eigenvalue weighted by atomic mass is 10.1. The first-order chi connectivity index (χ1) is 11.3. The van der Waals surface area contributed by atoms with Crippen molar-refractivity contribution in [1.29, 1.82) is 0 Å². The highest BCUT2D eigenvalue weighted by atomic mass is 32.2. The Morgan fingerprint density at radius 2 is 1.62 bits per heavy atom. The zero-order valence-electron chi connectivity index (χ0n) is 13.1. The minimum Gasteiger partial charge on any atom is -0.450 e. The Bertz CT molecular complexity index is 842. The molecule has 0 aromatic heterocycles. The average molecular weight is 348 g/mol. The molecule has 6 nitrogen and oxygen atoms in total. The van der Waals surface area contributed by atoms with Gasteiger partial charge in [0.2, 0.25) is 0 Å². The Kier molecular flexibility index (Phi) is 5.35. The van der Waals surface area contributed by atoms with E-state index < -0.39 is 22.2 Å². The fraction of sp³-hybridized carbons (Fsp3) is 0.176. The van der Waals surface area contributed by atoms with Gasteiger partial charge in [-0.3, -0.25) is 9.59 Å². The van der Waals surface area contributed by atoms with Gasteiger partial charge in [-0.1, -0.05) is 30.3 Å². The minimum atomic E-state index is -3.99. The second kappa shape index (κ2) is 7.27. The predicted molar refractivity (Wildman–Crippen MR) is 85.9 cm³/mol. The second-order valence-electron chi connectivity index (χ2n) is 5.02. The highest BCUT2D eigenvalue weighted by molar-refractivity contribution is 7.87. The maximum atomic E-state index is 12.2. The molecule has 7 heteroatoms. The van der Waals surface area contributed by atoms with Crippen LogP contribution in [-0.4, -0.2) is 20.2 Å². The van der Waals surface area contributed by atoms with Crippen molar-refractivity contribution >= 4 is 21.9 Å². The molecular weight excluding hydrogens is 332 g/mol. The van der Waals surface area contributed by atoms with E-state index in [2.05, 4.69) is 0 Å². The van der Waals surface area contributed by atoms with E-state index in [1.807, 2.05) is 0 Å². The summed E-state index contributed by atoms with van der Waals surface area (Å²) in [5.41, 5.74) is 0.332. The van der Waals surface area contributed by atoms with E-state index >= 15 is 0 Å². The number of carbonyl (C=O) groups is 2. The fourth-order valence-electron chi connectivity index (χ4n) is 2.04. The molecule has 0 saturated heterocycles. The van der Waals surface area contributed by atoms with E-state index in [1.54, 1.807) is 24.3 Å². The lowest BCUT2D eigenvalue weighted by Gasteiger charge is -2.15. The topological polar surface area (TPSA) is 86.7 Å². The molecule has 2 aromatic carbocycles. The first-order valence-electron chi connectivity index (χ1n) is 7.07. The van der Waals surface area contributed by atoms with Crippen LogP contribution in [0.5, 0.6) is 5.75 Å². The van der Waals surface area contributed by atoms with Gasteiger partial charge in [-0.05, 0) is 31.2 Å². The van der Waals surface area contributed by atoms with Gasteiger partial charge in [0.05, 0.1) is 0 Å². The molecule has 0 aliphatic carbocycles. The third-order valence-corrected chi connectivity index (χ3v) is 4.31. The molecular formula is C17H16O6S. The molecule has 0 amide bonds. The van der Waals surface area contributed by atoms with Crippen LogP contribution in [0.25, 0.3) is 0 Å². The largest absolute Gasteiger partial charge is 0.450 e. The lowest BCUT2D eigenvalue weighted by Crippen LogP contribution is -2.16. The van der Waals surface area contributed by atoms with Gasteiger partial charge in [0.15, 0.2) is 11.9 Å². The van der Waals surface area contributed by atoms with Crippen LogP contribution in [0, 0.1) is 0 Å². The molecule has 0 radical (unpaired) electrons. The van der Waals surface area contributed by atoms with Gasteiger partial charge < -0.3 is 8.92 Å². The third-order valence-electron chi connectivity index (χ3n) is 3.05. The maximum Gasteiger partial charge on any atom is 0.339 e. The second-order valence-corrected chi connectivity index (χ2v) is 6.57. The van der Waals surface area contributed by atoms with Crippen molar-refractivity contribution < 1.29 is 26.9 Å². The lowest BCUT2D eigenvalue weighted by molar-refractivity contribution is -0.152.